The number of para-hydroxylation sites is 1. The number of amides is 2. The van der Waals surface area contributed by atoms with Gasteiger partial charge < -0.3 is 5.32 Å². The minimum Gasteiger partial charge on any atom is -0.351 e. The van der Waals surface area contributed by atoms with E-state index in [1.54, 1.807) is 40.8 Å². The number of nitrogens with one attached hydrogen (secondary N) is 2. The molecule has 300 valence electrons. The summed E-state index contributed by atoms with van der Waals surface area (Å²) in [7, 11) is -2.05. The van der Waals surface area contributed by atoms with E-state index in [0.717, 1.165) is 25.7 Å². The molecule has 2 saturated heterocycles. The summed E-state index contributed by atoms with van der Waals surface area (Å²) in [5.41, 5.74) is 1.81. The summed E-state index contributed by atoms with van der Waals surface area (Å²) in [6.45, 7) is 5.03. The van der Waals surface area contributed by atoms with E-state index in [4.69, 9.17) is 11.6 Å². The van der Waals surface area contributed by atoms with Gasteiger partial charge in [0.15, 0.2) is 0 Å². The zero-order valence-electron chi connectivity index (χ0n) is 32.1. The molecule has 6 heterocycles. The topological polar surface area (TPSA) is 188 Å². The van der Waals surface area contributed by atoms with Crippen molar-refractivity contribution in [3.63, 3.8) is 0 Å². The van der Waals surface area contributed by atoms with Gasteiger partial charge in [-0.15, -0.1) is 0 Å². The number of aryl methyl sites for hydroxylation is 2. The molecule has 1 aromatic carbocycles. The van der Waals surface area contributed by atoms with Crippen molar-refractivity contribution < 1.29 is 18.0 Å². The van der Waals surface area contributed by atoms with E-state index in [1.165, 1.54) is 19.6 Å². The summed E-state index contributed by atoms with van der Waals surface area (Å²) >= 11 is 6.14. The normalized spacial score (nSPS) is 17.0. The van der Waals surface area contributed by atoms with Crippen molar-refractivity contribution in [1.82, 2.24) is 43.1 Å². The molecule has 2 fully saturated rings. The second-order valence-electron chi connectivity index (χ2n) is 14.8. The lowest BCUT2D eigenvalue weighted by Gasteiger charge is -2.31. The van der Waals surface area contributed by atoms with E-state index in [0.29, 0.717) is 72.5 Å². The van der Waals surface area contributed by atoms with Crippen LogP contribution in [0.3, 0.4) is 0 Å². The second-order valence-corrected chi connectivity index (χ2v) is 17.2. The number of carbonyl (C=O) groups is 2. The molecule has 57 heavy (non-hydrogen) atoms. The molecule has 0 radical (unpaired) electrons. The molecule has 0 bridgehead atoms. The lowest BCUT2D eigenvalue weighted by atomic mass is 10.1. The van der Waals surface area contributed by atoms with Gasteiger partial charge >= 0.3 is 5.69 Å². The Hall–Kier alpha value is -5.31. The first-order valence-corrected chi connectivity index (χ1v) is 21.0. The molecule has 2 aliphatic rings. The molecule has 16 nitrogen and oxygen atoms in total. The average molecular weight is 817 g/mol. The average Bonchev–Trinajstić information content (AvgIpc) is 3.76. The Morgan fingerprint density at radius 2 is 1.81 bits per heavy atom. The third-order valence-electron chi connectivity index (χ3n) is 10.6. The Bertz CT molecular complexity index is 2640. The molecule has 1 atom stereocenters. The number of benzene rings is 1. The Labute approximate surface area is 334 Å². The fourth-order valence-electron chi connectivity index (χ4n) is 7.57. The Balaban J connectivity index is 0.866. The third kappa shape index (κ3) is 8.25. The lowest BCUT2D eigenvalue weighted by Crippen LogP contribution is -2.44. The van der Waals surface area contributed by atoms with Crippen molar-refractivity contribution in [2.75, 3.05) is 18.4 Å². The van der Waals surface area contributed by atoms with Gasteiger partial charge in [0.1, 0.15) is 21.6 Å². The smallest absolute Gasteiger partial charge is 0.329 e. The maximum Gasteiger partial charge on any atom is 0.329 e. The van der Waals surface area contributed by atoms with Crippen LogP contribution in [0, 0.1) is 11.8 Å². The van der Waals surface area contributed by atoms with Crippen LogP contribution in [0.1, 0.15) is 89.3 Å². The molecule has 2 N–H and O–H groups in total. The molecule has 2 aliphatic heterocycles. The van der Waals surface area contributed by atoms with Gasteiger partial charge in [-0.1, -0.05) is 42.3 Å². The standard InChI is InChI=1S/C39H45ClN10O6S/c1-25(2)49-35-27(21-30(40)37(49)53)22-41-38(45-35)43-28-16-19-48(20-17-28)57(55,56)29-23-42-47(24-29)18-9-7-5-4-6-8-11-26-12-10-13-31-34(26)46(3)39(54)50(31)32-14-15-33(51)44-36(32)52/h10,12-13,21-25,28,32H,4-7,9,14-20H2,1-3H3,(H,41,43,45)(H,44,51,52). The van der Waals surface area contributed by atoms with Crippen LogP contribution in [0.25, 0.3) is 22.1 Å². The zero-order valence-corrected chi connectivity index (χ0v) is 33.6. The van der Waals surface area contributed by atoms with Crippen LogP contribution in [-0.4, -0.2) is 77.1 Å². The fourth-order valence-corrected chi connectivity index (χ4v) is 9.21. The van der Waals surface area contributed by atoms with Crippen molar-refractivity contribution in [1.29, 1.82) is 0 Å². The van der Waals surface area contributed by atoms with Crippen molar-refractivity contribution in [2.24, 2.45) is 7.05 Å². The Kier molecular flexibility index (Phi) is 11.7. The Morgan fingerprint density at radius 3 is 2.56 bits per heavy atom. The maximum atomic E-state index is 13.5. The number of nitrogens with zero attached hydrogens (tertiary/aromatic N) is 8. The highest BCUT2D eigenvalue weighted by molar-refractivity contribution is 7.89. The predicted molar refractivity (Wildman–Crippen MR) is 215 cm³/mol. The molecular formula is C39H45ClN10O6S. The minimum atomic E-state index is -3.71. The number of carbonyl (C=O) groups excluding carboxylic acids is 2. The fraction of sp³-hybridized carbons (Fsp3) is 0.462. The molecule has 4 aromatic heterocycles. The van der Waals surface area contributed by atoms with Crippen LogP contribution in [0.2, 0.25) is 5.02 Å². The van der Waals surface area contributed by atoms with Crippen LogP contribution in [0.5, 0.6) is 0 Å². The first-order valence-electron chi connectivity index (χ1n) is 19.2. The lowest BCUT2D eigenvalue weighted by molar-refractivity contribution is -0.135. The first kappa shape index (κ1) is 39.9. The van der Waals surface area contributed by atoms with Gasteiger partial charge in [-0.2, -0.15) is 14.4 Å². The summed E-state index contributed by atoms with van der Waals surface area (Å²) < 4.78 is 34.6. The molecule has 18 heteroatoms. The maximum absolute atomic E-state index is 13.5. The van der Waals surface area contributed by atoms with Gasteiger partial charge in [-0.3, -0.25) is 38.1 Å². The number of hydrogen-bond acceptors (Lipinski definition) is 10. The summed E-state index contributed by atoms with van der Waals surface area (Å²) in [5, 5.41) is 10.7. The van der Waals surface area contributed by atoms with Crippen molar-refractivity contribution >= 4 is 61.5 Å². The molecule has 7 rings (SSSR count). The summed E-state index contributed by atoms with van der Waals surface area (Å²) in [6, 6.07) is 6.09. The number of imide groups is 1. The molecule has 2 amide bonds. The van der Waals surface area contributed by atoms with Crippen molar-refractivity contribution in [3.05, 3.63) is 74.3 Å². The number of fused-ring (bicyclic) bond motifs is 2. The highest BCUT2D eigenvalue weighted by Gasteiger charge is 2.32. The van der Waals surface area contributed by atoms with Gasteiger partial charge in [-0.25, -0.2) is 18.2 Å². The second kappa shape index (κ2) is 16.7. The van der Waals surface area contributed by atoms with Gasteiger partial charge in [0.25, 0.3) is 5.56 Å². The number of anilines is 1. The highest BCUT2D eigenvalue weighted by Crippen LogP contribution is 2.26. The number of sulfonamides is 1. The van der Waals surface area contributed by atoms with Crippen LogP contribution in [0.4, 0.5) is 5.95 Å². The van der Waals surface area contributed by atoms with Crippen molar-refractivity contribution in [2.45, 2.75) is 101 Å². The van der Waals surface area contributed by atoms with Crippen LogP contribution in [0.15, 0.2) is 57.3 Å². The molecule has 1 unspecified atom stereocenters. The number of imidazole rings is 1. The van der Waals surface area contributed by atoms with Crippen LogP contribution >= 0.6 is 11.6 Å². The molecule has 5 aromatic rings. The summed E-state index contributed by atoms with van der Waals surface area (Å²) in [6.07, 6.45) is 10.4. The quantitative estimate of drug-likeness (QED) is 0.105. The van der Waals surface area contributed by atoms with E-state index in [1.807, 2.05) is 26.0 Å². The zero-order chi connectivity index (χ0) is 40.4. The number of rotatable bonds is 12. The first-order chi connectivity index (χ1) is 27.3. The summed E-state index contributed by atoms with van der Waals surface area (Å²) in [4.78, 5) is 59.2. The van der Waals surface area contributed by atoms with E-state index in [-0.39, 0.29) is 52.0 Å². The SMILES string of the molecule is CC(C)n1c(=O)c(Cl)cc2cnc(NC3CCN(S(=O)(=O)c4cnn(CCCCCCC#Cc5cccc6c5n(C)c(=O)n6C5CCC(=O)NC5=O)c4)CC3)nc21. The molecular weight excluding hydrogens is 772 g/mol. The molecule has 0 spiro atoms. The molecule has 0 saturated carbocycles. The number of halogens is 1. The van der Waals surface area contributed by atoms with E-state index in [9.17, 15) is 27.6 Å². The number of pyridine rings is 1. The van der Waals surface area contributed by atoms with Gasteiger partial charge in [0.05, 0.1) is 22.8 Å². The predicted octanol–water partition coefficient (Wildman–Crippen LogP) is 4.12. The van der Waals surface area contributed by atoms with Crippen molar-refractivity contribution in [3.8, 4) is 11.8 Å². The van der Waals surface area contributed by atoms with Gasteiger partial charge in [0.2, 0.25) is 27.8 Å². The van der Waals surface area contributed by atoms with E-state index in [2.05, 4.69) is 37.5 Å². The van der Waals surface area contributed by atoms with Gasteiger partial charge in [0, 0.05) is 69.4 Å². The number of unbranched alkanes of at least 4 members (excludes halogenated alkanes) is 4. The van der Waals surface area contributed by atoms with Crippen LogP contribution < -0.4 is 21.9 Å². The van der Waals surface area contributed by atoms with Crippen LogP contribution in [-0.2, 0) is 33.2 Å². The minimum absolute atomic E-state index is 0.0432. The Morgan fingerprint density at radius 1 is 1.04 bits per heavy atom. The van der Waals surface area contributed by atoms with E-state index >= 15 is 0 Å². The number of hydrogen-bond donors (Lipinski definition) is 2. The number of piperidine rings is 2. The monoisotopic (exact) mass is 816 g/mol. The molecule has 0 aliphatic carbocycles. The number of aromatic nitrogens is 7. The van der Waals surface area contributed by atoms with E-state index < -0.39 is 22.0 Å². The largest absolute Gasteiger partial charge is 0.351 e. The summed E-state index contributed by atoms with van der Waals surface area (Å²) in [5.74, 6) is 5.99. The van der Waals surface area contributed by atoms with Gasteiger partial charge in [-0.05, 0) is 64.2 Å². The highest BCUT2D eigenvalue weighted by atomic mass is 35.5. The third-order valence-corrected chi connectivity index (χ3v) is 12.7.